The van der Waals surface area contributed by atoms with E-state index in [1.807, 2.05) is 0 Å². The van der Waals surface area contributed by atoms with Crippen molar-refractivity contribution in [3.63, 3.8) is 0 Å². The molecule has 12 heavy (non-hydrogen) atoms. The largest absolute Gasteiger partial charge is 0.338 e. The Hall–Kier alpha value is -1.49. The highest BCUT2D eigenvalue weighted by atomic mass is 16.1. The van der Waals surface area contributed by atoms with Gasteiger partial charge in [-0.1, -0.05) is 0 Å². The minimum absolute atomic E-state index is 0.225. The van der Waals surface area contributed by atoms with E-state index in [-0.39, 0.29) is 5.91 Å². The third-order valence-corrected chi connectivity index (χ3v) is 1.22. The lowest BCUT2D eigenvalue weighted by molar-refractivity contribution is 0.0946. The minimum atomic E-state index is -0.225. The van der Waals surface area contributed by atoms with E-state index < -0.39 is 0 Å². The van der Waals surface area contributed by atoms with E-state index in [1.165, 1.54) is 18.6 Å². The smallest absolute Gasteiger partial charge is 0.272 e. The van der Waals surface area contributed by atoms with Crippen molar-refractivity contribution in [2.24, 2.45) is 0 Å². The highest BCUT2D eigenvalue weighted by molar-refractivity contribution is 5.91. The standard InChI is InChI=1S/C7H10N4O/c1-8-5-11-7(12)6-4-9-2-3-10-6/h2-4,8H,5H2,1H3,(H,11,12). The van der Waals surface area contributed by atoms with Gasteiger partial charge in [0, 0.05) is 12.4 Å². The van der Waals surface area contributed by atoms with Gasteiger partial charge >= 0.3 is 0 Å². The molecule has 0 aliphatic rings. The van der Waals surface area contributed by atoms with Gasteiger partial charge in [-0.05, 0) is 7.05 Å². The topological polar surface area (TPSA) is 66.9 Å². The summed E-state index contributed by atoms with van der Waals surface area (Å²) in [7, 11) is 1.75. The minimum Gasteiger partial charge on any atom is -0.338 e. The van der Waals surface area contributed by atoms with Gasteiger partial charge in [0.15, 0.2) is 0 Å². The Bertz CT molecular complexity index is 249. The molecule has 0 radical (unpaired) electrons. The first kappa shape index (κ1) is 8.61. The maximum Gasteiger partial charge on any atom is 0.272 e. The highest BCUT2D eigenvalue weighted by Gasteiger charge is 2.03. The van der Waals surface area contributed by atoms with Gasteiger partial charge in [0.25, 0.3) is 5.91 Å². The van der Waals surface area contributed by atoms with Gasteiger partial charge in [0.2, 0.25) is 0 Å². The van der Waals surface area contributed by atoms with Gasteiger partial charge in [0.05, 0.1) is 12.9 Å². The van der Waals surface area contributed by atoms with E-state index in [2.05, 4.69) is 20.6 Å². The summed E-state index contributed by atoms with van der Waals surface area (Å²) in [6.45, 7) is 0.426. The first-order valence-electron chi connectivity index (χ1n) is 3.53. The number of hydrogen-bond donors (Lipinski definition) is 2. The lowest BCUT2D eigenvalue weighted by Gasteiger charge is -2.01. The molecule has 1 heterocycles. The zero-order valence-corrected chi connectivity index (χ0v) is 6.74. The molecule has 0 aliphatic heterocycles. The molecule has 0 aromatic carbocycles. The summed E-state index contributed by atoms with van der Waals surface area (Å²) in [6.07, 6.45) is 4.42. The molecule has 0 bridgehead atoms. The second-order valence-electron chi connectivity index (χ2n) is 2.13. The summed E-state index contributed by atoms with van der Waals surface area (Å²) in [4.78, 5) is 18.7. The van der Waals surface area contributed by atoms with Crippen LogP contribution in [0.2, 0.25) is 0 Å². The number of nitrogens with zero attached hydrogens (tertiary/aromatic N) is 2. The van der Waals surface area contributed by atoms with Crippen LogP contribution < -0.4 is 10.6 Å². The molecule has 0 fully saturated rings. The van der Waals surface area contributed by atoms with E-state index in [1.54, 1.807) is 7.05 Å². The predicted octanol–water partition coefficient (Wildman–Crippen LogP) is -0.617. The van der Waals surface area contributed by atoms with Crippen LogP contribution in [0.15, 0.2) is 18.6 Å². The van der Waals surface area contributed by atoms with Crippen molar-refractivity contribution < 1.29 is 4.79 Å². The van der Waals surface area contributed by atoms with Crippen LogP contribution in [-0.2, 0) is 0 Å². The Morgan fingerprint density at radius 3 is 3.00 bits per heavy atom. The van der Waals surface area contributed by atoms with Crippen LogP contribution in [0.1, 0.15) is 10.5 Å². The number of rotatable bonds is 3. The molecule has 0 unspecified atom stereocenters. The van der Waals surface area contributed by atoms with Crippen molar-refractivity contribution in [3.05, 3.63) is 24.3 Å². The maximum atomic E-state index is 11.1. The molecular formula is C7H10N4O. The summed E-state index contributed by atoms with van der Waals surface area (Å²) < 4.78 is 0. The van der Waals surface area contributed by atoms with E-state index in [0.29, 0.717) is 12.4 Å². The second kappa shape index (κ2) is 4.40. The van der Waals surface area contributed by atoms with Gasteiger partial charge in [-0.2, -0.15) is 0 Å². The molecule has 1 rings (SSSR count). The average Bonchev–Trinajstić information content (AvgIpc) is 2.15. The predicted molar refractivity (Wildman–Crippen MR) is 43.4 cm³/mol. The lowest BCUT2D eigenvalue weighted by atomic mass is 10.4. The van der Waals surface area contributed by atoms with Crippen LogP contribution in [0.4, 0.5) is 0 Å². The highest BCUT2D eigenvalue weighted by Crippen LogP contribution is 1.87. The molecule has 0 aliphatic carbocycles. The first-order chi connectivity index (χ1) is 5.84. The van der Waals surface area contributed by atoms with Gasteiger partial charge in [-0.25, -0.2) is 4.98 Å². The van der Waals surface area contributed by atoms with Gasteiger partial charge < -0.3 is 10.6 Å². The fourth-order valence-corrected chi connectivity index (χ4v) is 0.676. The molecule has 5 heteroatoms. The Labute approximate surface area is 70.2 Å². The van der Waals surface area contributed by atoms with E-state index in [9.17, 15) is 4.79 Å². The Kier molecular flexibility index (Phi) is 3.16. The monoisotopic (exact) mass is 166 g/mol. The summed E-state index contributed by atoms with van der Waals surface area (Å²) in [5, 5.41) is 5.38. The normalized spacial score (nSPS) is 9.42. The number of carbonyl (C=O) groups excluding carboxylic acids is 1. The van der Waals surface area contributed by atoms with Crippen molar-refractivity contribution >= 4 is 5.91 Å². The quantitative estimate of drug-likeness (QED) is 0.587. The van der Waals surface area contributed by atoms with E-state index in [0.717, 1.165) is 0 Å². The first-order valence-corrected chi connectivity index (χ1v) is 3.53. The Morgan fingerprint density at radius 1 is 1.58 bits per heavy atom. The molecule has 1 aromatic heterocycles. The van der Waals surface area contributed by atoms with Crippen LogP contribution in [-0.4, -0.2) is 29.6 Å². The molecule has 5 nitrogen and oxygen atoms in total. The zero-order chi connectivity index (χ0) is 8.81. The fraction of sp³-hybridized carbons (Fsp3) is 0.286. The maximum absolute atomic E-state index is 11.1. The van der Waals surface area contributed by atoms with Gasteiger partial charge in [0.1, 0.15) is 5.69 Å². The molecule has 0 spiro atoms. The van der Waals surface area contributed by atoms with Crippen LogP contribution in [0.5, 0.6) is 0 Å². The Morgan fingerprint density at radius 2 is 2.42 bits per heavy atom. The van der Waals surface area contributed by atoms with Crippen molar-refractivity contribution in [1.29, 1.82) is 0 Å². The third-order valence-electron chi connectivity index (χ3n) is 1.22. The summed E-state index contributed by atoms with van der Waals surface area (Å²) in [5.41, 5.74) is 0.327. The second-order valence-corrected chi connectivity index (χ2v) is 2.13. The molecule has 0 saturated carbocycles. The molecule has 0 saturated heterocycles. The van der Waals surface area contributed by atoms with Crippen LogP contribution in [0, 0.1) is 0 Å². The number of carbonyl (C=O) groups is 1. The van der Waals surface area contributed by atoms with E-state index in [4.69, 9.17) is 0 Å². The molecule has 2 N–H and O–H groups in total. The number of nitrogens with one attached hydrogen (secondary N) is 2. The van der Waals surface area contributed by atoms with E-state index >= 15 is 0 Å². The average molecular weight is 166 g/mol. The number of amides is 1. The van der Waals surface area contributed by atoms with Crippen molar-refractivity contribution in [2.45, 2.75) is 0 Å². The number of aromatic nitrogens is 2. The van der Waals surface area contributed by atoms with Gasteiger partial charge in [-0.15, -0.1) is 0 Å². The molecule has 1 amide bonds. The van der Waals surface area contributed by atoms with Crippen LogP contribution in [0.25, 0.3) is 0 Å². The third kappa shape index (κ3) is 2.28. The summed E-state index contributed by atoms with van der Waals surface area (Å²) in [5.74, 6) is -0.225. The summed E-state index contributed by atoms with van der Waals surface area (Å²) in [6, 6.07) is 0. The van der Waals surface area contributed by atoms with Crippen LogP contribution in [0.3, 0.4) is 0 Å². The molecule has 1 aromatic rings. The lowest BCUT2D eigenvalue weighted by Crippen LogP contribution is -2.32. The number of hydrogen-bond acceptors (Lipinski definition) is 4. The molecular weight excluding hydrogens is 156 g/mol. The Balaban J connectivity index is 2.54. The van der Waals surface area contributed by atoms with Crippen molar-refractivity contribution in [3.8, 4) is 0 Å². The summed E-state index contributed by atoms with van der Waals surface area (Å²) >= 11 is 0. The zero-order valence-electron chi connectivity index (χ0n) is 6.74. The van der Waals surface area contributed by atoms with Crippen LogP contribution >= 0.6 is 0 Å². The van der Waals surface area contributed by atoms with Gasteiger partial charge in [-0.3, -0.25) is 9.78 Å². The van der Waals surface area contributed by atoms with Crippen molar-refractivity contribution in [1.82, 2.24) is 20.6 Å². The molecule has 0 atom stereocenters. The fourth-order valence-electron chi connectivity index (χ4n) is 0.676. The van der Waals surface area contributed by atoms with Crippen molar-refractivity contribution in [2.75, 3.05) is 13.7 Å². The molecule has 64 valence electrons. The SMILES string of the molecule is CNCNC(=O)c1cnccn1.